The average molecular weight is 381 g/mol. The van der Waals surface area contributed by atoms with Gasteiger partial charge in [0.05, 0.1) is 6.54 Å². The van der Waals surface area contributed by atoms with Crippen molar-refractivity contribution >= 4 is 17.4 Å². The second-order valence-corrected chi connectivity index (χ2v) is 6.31. The number of nitrogens with zero attached hydrogens (tertiary/aromatic N) is 1. The van der Waals surface area contributed by atoms with E-state index < -0.39 is 0 Å². The number of halogens is 1. The van der Waals surface area contributed by atoms with Crippen LogP contribution in [0.2, 0.25) is 5.02 Å². The molecule has 0 radical (unpaired) electrons. The van der Waals surface area contributed by atoms with E-state index in [2.05, 4.69) is 16.0 Å². The van der Waals surface area contributed by atoms with Crippen LogP contribution in [0.5, 0.6) is 5.75 Å². The molecule has 27 heavy (non-hydrogen) atoms. The third-order valence-corrected chi connectivity index (χ3v) is 4.12. The number of benzene rings is 3. The third kappa shape index (κ3) is 5.82. The van der Waals surface area contributed by atoms with Crippen LogP contribution in [0.3, 0.4) is 0 Å². The predicted octanol–water partition coefficient (Wildman–Crippen LogP) is 4.03. The summed E-state index contributed by atoms with van der Waals surface area (Å²) < 4.78 is 0. The molecule has 1 unspecified atom stereocenters. The second kappa shape index (κ2) is 9.73. The molecule has 0 aliphatic carbocycles. The van der Waals surface area contributed by atoms with Crippen molar-refractivity contribution in [3.05, 3.63) is 101 Å². The van der Waals surface area contributed by atoms with E-state index in [1.807, 2.05) is 66.7 Å². The third-order valence-electron chi connectivity index (χ3n) is 3.88. The van der Waals surface area contributed by atoms with E-state index in [-0.39, 0.29) is 6.04 Å². The standard InChI is InChI=1S/C21H21ClN4O/c22-18-12-7-13-19(14-18)27-26-25-20(17-10-5-2-6-11-17)21(23)24-15-16-8-3-1-4-9-16/h1-14,20,25-26H,15H2,(H2,23,24). The summed E-state index contributed by atoms with van der Waals surface area (Å²) >= 11 is 5.96. The lowest BCUT2D eigenvalue weighted by molar-refractivity contribution is 0.142. The second-order valence-electron chi connectivity index (χ2n) is 5.88. The van der Waals surface area contributed by atoms with Gasteiger partial charge in [-0.25, -0.2) is 5.43 Å². The Morgan fingerprint density at radius 3 is 2.37 bits per heavy atom. The fourth-order valence-electron chi connectivity index (χ4n) is 2.51. The summed E-state index contributed by atoms with van der Waals surface area (Å²) in [6.07, 6.45) is 0. The zero-order chi connectivity index (χ0) is 18.9. The maximum Gasteiger partial charge on any atom is 0.150 e. The van der Waals surface area contributed by atoms with E-state index in [1.165, 1.54) is 0 Å². The number of amidine groups is 1. The Morgan fingerprint density at radius 1 is 0.963 bits per heavy atom. The van der Waals surface area contributed by atoms with Crippen molar-refractivity contribution in [2.75, 3.05) is 0 Å². The maximum atomic E-state index is 6.27. The summed E-state index contributed by atoms with van der Waals surface area (Å²) in [7, 11) is 0. The fourth-order valence-corrected chi connectivity index (χ4v) is 2.69. The van der Waals surface area contributed by atoms with Crippen LogP contribution in [0.15, 0.2) is 89.9 Å². The number of aliphatic imine (C=N–C) groups is 1. The van der Waals surface area contributed by atoms with Gasteiger partial charge in [-0.05, 0) is 23.3 Å². The number of nitrogens with one attached hydrogen (secondary N) is 2. The molecular formula is C21H21ClN4O. The number of hydrazine groups is 1. The molecule has 138 valence electrons. The lowest BCUT2D eigenvalue weighted by Crippen LogP contribution is -2.43. The highest BCUT2D eigenvalue weighted by Crippen LogP contribution is 2.17. The first-order valence-corrected chi connectivity index (χ1v) is 8.92. The molecule has 0 aliphatic rings. The summed E-state index contributed by atoms with van der Waals surface area (Å²) in [5.41, 5.74) is 14.1. The van der Waals surface area contributed by atoms with Crippen LogP contribution < -0.4 is 21.6 Å². The topological polar surface area (TPSA) is 71.7 Å². The lowest BCUT2D eigenvalue weighted by Gasteiger charge is -2.19. The minimum Gasteiger partial charge on any atom is -0.394 e. The molecule has 3 aromatic carbocycles. The molecule has 4 N–H and O–H groups in total. The first-order valence-electron chi connectivity index (χ1n) is 8.54. The summed E-state index contributed by atoms with van der Waals surface area (Å²) in [6, 6.07) is 26.5. The number of nitrogens with two attached hydrogens (primary N) is 1. The molecule has 0 spiro atoms. The van der Waals surface area contributed by atoms with Gasteiger partial charge < -0.3 is 10.6 Å². The number of rotatable bonds is 8. The van der Waals surface area contributed by atoms with Gasteiger partial charge in [0.25, 0.3) is 0 Å². The Bertz CT molecular complexity index is 872. The quantitative estimate of drug-likeness (QED) is 0.313. The molecule has 6 heteroatoms. The Kier molecular flexibility index (Phi) is 6.82. The summed E-state index contributed by atoms with van der Waals surface area (Å²) in [4.78, 5) is 10.0. The Morgan fingerprint density at radius 2 is 1.67 bits per heavy atom. The molecule has 1 atom stereocenters. The van der Waals surface area contributed by atoms with Crippen molar-refractivity contribution < 1.29 is 4.84 Å². The molecule has 0 saturated heterocycles. The molecule has 0 fully saturated rings. The Hall–Kier alpha value is -2.86. The van der Waals surface area contributed by atoms with Crippen LogP contribution in [0.1, 0.15) is 17.2 Å². The lowest BCUT2D eigenvalue weighted by atomic mass is 10.1. The van der Waals surface area contributed by atoms with E-state index in [9.17, 15) is 0 Å². The molecular weight excluding hydrogens is 360 g/mol. The van der Waals surface area contributed by atoms with Gasteiger partial charge in [0, 0.05) is 11.1 Å². The SMILES string of the molecule is NC(=NCc1ccccc1)C(NNOc1cccc(Cl)c1)c1ccccc1. The fraction of sp³-hybridized carbons (Fsp3) is 0.0952. The molecule has 0 saturated carbocycles. The van der Waals surface area contributed by atoms with Crippen LogP contribution in [-0.2, 0) is 6.54 Å². The Labute approximate surface area is 163 Å². The van der Waals surface area contributed by atoms with Crippen LogP contribution in [-0.4, -0.2) is 5.84 Å². The van der Waals surface area contributed by atoms with Gasteiger partial charge in [0.1, 0.15) is 17.6 Å². The minimum atomic E-state index is -0.353. The largest absolute Gasteiger partial charge is 0.394 e. The highest BCUT2D eigenvalue weighted by molar-refractivity contribution is 6.30. The molecule has 0 aromatic heterocycles. The van der Waals surface area contributed by atoms with E-state index in [0.717, 1.165) is 11.1 Å². The summed E-state index contributed by atoms with van der Waals surface area (Å²) in [5, 5.41) is 0.595. The zero-order valence-electron chi connectivity index (χ0n) is 14.7. The molecule has 5 nitrogen and oxygen atoms in total. The molecule has 0 amide bonds. The summed E-state index contributed by atoms with van der Waals surface area (Å²) in [5.74, 6) is 1.04. The van der Waals surface area contributed by atoms with Crippen LogP contribution in [0.4, 0.5) is 0 Å². The minimum absolute atomic E-state index is 0.353. The average Bonchev–Trinajstić information content (AvgIpc) is 2.71. The van der Waals surface area contributed by atoms with Crippen molar-refractivity contribution in [2.24, 2.45) is 10.7 Å². The maximum absolute atomic E-state index is 6.27. The molecule has 3 rings (SSSR count). The first kappa shape index (κ1) is 18.9. The van der Waals surface area contributed by atoms with Gasteiger partial charge in [-0.3, -0.25) is 4.99 Å². The summed E-state index contributed by atoms with van der Waals surface area (Å²) in [6.45, 7) is 0.507. The van der Waals surface area contributed by atoms with Crippen molar-refractivity contribution in [3.8, 4) is 5.75 Å². The van der Waals surface area contributed by atoms with Gasteiger partial charge in [0.2, 0.25) is 0 Å². The zero-order valence-corrected chi connectivity index (χ0v) is 15.4. The van der Waals surface area contributed by atoms with Gasteiger partial charge in [0.15, 0.2) is 0 Å². The van der Waals surface area contributed by atoms with E-state index in [4.69, 9.17) is 22.2 Å². The van der Waals surface area contributed by atoms with Gasteiger partial charge in [-0.15, -0.1) is 0 Å². The molecule has 0 heterocycles. The van der Waals surface area contributed by atoms with E-state index >= 15 is 0 Å². The van der Waals surface area contributed by atoms with Gasteiger partial charge >= 0.3 is 0 Å². The van der Waals surface area contributed by atoms with Crippen LogP contribution >= 0.6 is 11.6 Å². The predicted molar refractivity (Wildman–Crippen MR) is 109 cm³/mol. The van der Waals surface area contributed by atoms with Crippen molar-refractivity contribution in [1.29, 1.82) is 0 Å². The number of hydrogen-bond acceptors (Lipinski definition) is 4. The molecule has 0 aliphatic heterocycles. The van der Waals surface area contributed by atoms with Crippen molar-refractivity contribution in [2.45, 2.75) is 12.6 Å². The first-order chi connectivity index (χ1) is 13.2. The smallest absolute Gasteiger partial charge is 0.150 e. The van der Waals surface area contributed by atoms with Gasteiger partial charge in [-0.2, -0.15) is 0 Å². The highest BCUT2D eigenvalue weighted by Gasteiger charge is 2.15. The number of hydrogen-bond donors (Lipinski definition) is 3. The highest BCUT2D eigenvalue weighted by atomic mass is 35.5. The van der Waals surface area contributed by atoms with Crippen molar-refractivity contribution in [1.82, 2.24) is 11.0 Å². The van der Waals surface area contributed by atoms with E-state index in [0.29, 0.717) is 23.2 Å². The van der Waals surface area contributed by atoms with Gasteiger partial charge in [-0.1, -0.05) is 83.9 Å². The van der Waals surface area contributed by atoms with E-state index in [1.54, 1.807) is 18.2 Å². The van der Waals surface area contributed by atoms with Crippen LogP contribution in [0, 0.1) is 0 Å². The molecule has 0 bridgehead atoms. The molecule has 3 aromatic rings. The Balaban J connectivity index is 1.69. The normalized spacial score (nSPS) is 12.6. The van der Waals surface area contributed by atoms with Crippen molar-refractivity contribution in [3.63, 3.8) is 0 Å². The monoisotopic (exact) mass is 380 g/mol. The van der Waals surface area contributed by atoms with Crippen LogP contribution in [0.25, 0.3) is 0 Å².